The third kappa shape index (κ3) is 5.96. The van der Waals surface area contributed by atoms with Gasteiger partial charge in [-0.1, -0.05) is 18.2 Å². The number of sulfone groups is 1. The Kier molecular flexibility index (Phi) is 7.54. The van der Waals surface area contributed by atoms with Gasteiger partial charge in [0, 0.05) is 24.7 Å². The summed E-state index contributed by atoms with van der Waals surface area (Å²) in [4.78, 5) is 13.6. The fourth-order valence-corrected chi connectivity index (χ4v) is 6.63. The largest absolute Gasteiger partial charge is 0.494 e. The smallest absolute Gasteiger partial charge is 0.413 e. The van der Waals surface area contributed by atoms with Crippen LogP contribution >= 0.6 is 0 Å². The summed E-state index contributed by atoms with van der Waals surface area (Å²) in [5.74, 6) is -0.924. The molecular formula is C26H31F3N2O4S. The Morgan fingerprint density at radius 3 is 2.33 bits per heavy atom. The summed E-state index contributed by atoms with van der Waals surface area (Å²) in [6, 6.07) is 10.0. The molecule has 6 nitrogen and oxygen atoms in total. The van der Waals surface area contributed by atoms with Gasteiger partial charge in [-0.2, -0.15) is 13.2 Å². The average molecular weight is 525 g/mol. The standard InChI is InChI=1S/C26H31F3N2O4S/c1-3-35-23-9-6-19-14-22(15-20(19)16-23)30-21-7-4-17(5-8-21)24(26(27,28)29)31(2)25(32)18-10-12-36(33,34)13-11-18/h4-9,16,18,22,24,30H,3,10-15H2,1-2H3/t22-,24+/m1/s1. The van der Waals surface area contributed by atoms with Crippen LogP contribution in [-0.4, -0.2) is 56.6 Å². The zero-order valence-electron chi connectivity index (χ0n) is 20.3. The molecule has 1 fully saturated rings. The summed E-state index contributed by atoms with van der Waals surface area (Å²) in [6.45, 7) is 2.52. The van der Waals surface area contributed by atoms with Crippen LogP contribution in [0.5, 0.6) is 5.75 Å². The van der Waals surface area contributed by atoms with E-state index in [1.165, 1.54) is 23.3 Å². The second-order valence-electron chi connectivity index (χ2n) is 9.55. The topological polar surface area (TPSA) is 75.7 Å². The van der Waals surface area contributed by atoms with Gasteiger partial charge in [0.05, 0.1) is 18.1 Å². The lowest BCUT2D eigenvalue weighted by molar-refractivity contribution is -0.190. The van der Waals surface area contributed by atoms with Gasteiger partial charge < -0.3 is 15.0 Å². The van der Waals surface area contributed by atoms with E-state index in [-0.39, 0.29) is 36.0 Å². The lowest BCUT2D eigenvalue weighted by atomic mass is 9.98. The van der Waals surface area contributed by atoms with E-state index >= 15 is 0 Å². The van der Waals surface area contributed by atoms with E-state index in [2.05, 4.69) is 5.32 Å². The van der Waals surface area contributed by atoms with Crippen molar-refractivity contribution in [2.24, 2.45) is 5.92 Å². The normalized spacial score (nSPS) is 20.4. The average Bonchev–Trinajstić information content (AvgIpc) is 3.20. The minimum Gasteiger partial charge on any atom is -0.494 e. The lowest BCUT2D eigenvalue weighted by Gasteiger charge is -2.34. The molecule has 0 saturated carbocycles. The second-order valence-corrected chi connectivity index (χ2v) is 11.9. The SMILES string of the molecule is CCOc1ccc2c(c1)C[C@H](Nc1ccc([C@H](N(C)C(=O)C3CCS(=O)(=O)CC3)C(F)(F)F)cc1)C2. The van der Waals surface area contributed by atoms with Crippen LogP contribution in [0.2, 0.25) is 0 Å². The molecule has 2 aliphatic rings. The van der Waals surface area contributed by atoms with Crippen LogP contribution in [0.15, 0.2) is 42.5 Å². The summed E-state index contributed by atoms with van der Waals surface area (Å²) in [6.07, 6.45) is -2.98. The molecule has 196 valence electrons. The highest BCUT2D eigenvalue weighted by atomic mass is 32.2. The van der Waals surface area contributed by atoms with Crippen LogP contribution in [0.4, 0.5) is 18.9 Å². The number of benzene rings is 2. The van der Waals surface area contributed by atoms with E-state index < -0.39 is 33.9 Å². The van der Waals surface area contributed by atoms with E-state index in [4.69, 9.17) is 4.74 Å². The summed E-state index contributed by atoms with van der Waals surface area (Å²) in [5.41, 5.74) is 3.08. The molecule has 1 aliphatic heterocycles. The highest BCUT2D eigenvalue weighted by molar-refractivity contribution is 7.91. The van der Waals surface area contributed by atoms with Crippen molar-refractivity contribution in [1.82, 2.24) is 4.90 Å². The zero-order chi connectivity index (χ0) is 26.1. The fraction of sp³-hybridized carbons (Fsp3) is 0.500. The van der Waals surface area contributed by atoms with Gasteiger partial charge in [-0.3, -0.25) is 4.79 Å². The molecule has 4 rings (SSSR count). The Morgan fingerprint density at radius 2 is 1.72 bits per heavy atom. The second kappa shape index (κ2) is 10.3. The first-order valence-electron chi connectivity index (χ1n) is 12.1. The predicted octanol–water partition coefficient (Wildman–Crippen LogP) is 4.55. The maximum absolute atomic E-state index is 14.1. The summed E-state index contributed by atoms with van der Waals surface area (Å²) < 4.78 is 71.0. The van der Waals surface area contributed by atoms with Gasteiger partial charge in [0.25, 0.3) is 0 Å². The number of nitrogens with zero attached hydrogens (tertiary/aromatic N) is 1. The highest BCUT2D eigenvalue weighted by Gasteiger charge is 2.46. The predicted molar refractivity (Wildman–Crippen MR) is 132 cm³/mol. The summed E-state index contributed by atoms with van der Waals surface area (Å²) in [5, 5.41) is 3.40. The molecule has 0 spiro atoms. The van der Waals surface area contributed by atoms with Gasteiger partial charge in [-0.15, -0.1) is 0 Å². The first-order valence-corrected chi connectivity index (χ1v) is 13.9. The van der Waals surface area contributed by atoms with Crippen molar-refractivity contribution in [1.29, 1.82) is 0 Å². The van der Waals surface area contributed by atoms with Crippen molar-refractivity contribution < 1.29 is 31.1 Å². The molecule has 0 aromatic heterocycles. The van der Waals surface area contributed by atoms with Crippen molar-refractivity contribution in [2.75, 3.05) is 30.5 Å². The fourth-order valence-electron chi connectivity index (χ4n) is 5.13. The Hall–Kier alpha value is -2.75. The Bertz CT molecular complexity index is 1180. The number of amides is 1. The zero-order valence-corrected chi connectivity index (χ0v) is 21.2. The number of rotatable bonds is 7. The number of ether oxygens (including phenoxy) is 1. The Balaban J connectivity index is 1.43. The van der Waals surface area contributed by atoms with Gasteiger partial charge in [0.2, 0.25) is 5.91 Å². The molecule has 0 unspecified atom stereocenters. The van der Waals surface area contributed by atoms with Gasteiger partial charge in [0.15, 0.2) is 6.04 Å². The summed E-state index contributed by atoms with van der Waals surface area (Å²) in [7, 11) is -2.08. The molecule has 0 radical (unpaired) electrons. The molecule has 1 aliphatic carbocycles. The molecule has 10 heteroatoms. The Labute approximate surface area is 209 Å². The Morgan fingerprint density at radius 1 is 1.08 bits per heavy atom. The van der Waals surface area contributed by atoms with Crippen molar-refractivity contribution in [3.05, 3.63) is 59.2 Å². The number of hydrogen-bond acceptors (Lipinski definition) is 5. The van der Waals surface area contributed by atoms with Crippen LogP contribution in [0.3, 0.4) is 0 Å². The van der Waals surface area contributed by atoms with Crippen LogP contribution in [-0.2, 0) is 27.5 Å². The van der Waals surface area contributed by atoms with Gasteiger partial charge in [-0.25, -0.2) is 8.42 Å². The molecule has 36 heavy (non-hydrogen) atoms. The van der Waals surface area contributed by atoms with Gasteiger partial charge in [0.1, 0.15) is 15.6 Å². The summed E-state index contributed by atoms with van der Waals surface area (Å²) >= 11 is 0. The van der Waals surface area contributed by atoms with Crippen LogP contribution in [0.1, 0.15) is 42.5 Å². The minimum atomic E-state index is -4.68. The number of anilines is 1. The maximum atomic E-state index is 14.1. The molecule has 1 heterocycles. The number of alkyl halides is 3. The first kappa shape index (κ1) is 26.3. The van der Waals surface area contributed by atoms with Crippen molar-refractivity contribution in [3.8, 4) is 5.75 Å². The molecule has 1 saturated heterocycles. The van der Waals surface area contributed by atoms with E-state index in [1.54, 1.807) is 12.1 Å². The number of halogens is 3. The van der Waals surface area contributed by atoms with Crippen LogP contribution in [0, 0.1) is 5.92 Å². The third-order valence-electron chi connectivity index (χ3n) is 6.97. The van der Waals surface area contributed by atoms with Crippen LogP contribution < -0.4 is 10.1 Å². The number of carbonyl (C=O) groups excluding carboxylic acids is 1. The molecule has 2 aromatic rings. The molecular weight excluding hydrogens is 493 g/mol. The first-order chi connectivity index (χ1) is 17.0. The van der Waals surface area contributed by atoms with E-state index in [0.717, 1.165) is 25.6 Å². The van der Waals surface area contributed by atoms with Crippen molar-refractivity contribution in [3.63, 3.8) is 0 Å². The minimum absolute atomic E-state index is 0.0385. The van der Waals surface area contributed by atoms with Gasteiger partial charge >= 0.3 is 6.18 Å². The van der Waals surface area contributed by atoms with Crippen molar-refractivity contribution >= 4 is 21.4 Å². The molecule has 1 amide bonds. The van der Waals surface area contributed by atoms with Gasteiger partial charge in [-0.05, 0) is 73.6 Å². The number of carbonyl (C=O) groups is 1. The van der Waals surface area contributed by atoms with E-state index in [9.17, 15) is 26.4 Å². The van der Waals surface area contributed by atoms with Crippen LogP contribution in [0.25, 0.3) is 0 Å². The monoisotopic (exact) mass is 524 g/mol. The van der Waals surface area contributed by atoms with E-state index in [1.807, 2.05) is 25.1 Å². The van der Waals surface area contributed by atoms with E-state index in [0.29, 0.717) is 17.2 Å². The molecule has 0 bridgehead atoms. The van der Waals surface area contributed by atoms with Crippen molar-refractivity contribution in [2.45, 2.75) is 50.9 Å². The molecule has 1 N–H and O–H groups in total. The number of fused-ring (bicyclic) bond motifs is 1. The quantitative estimate of drug-likeness (QED) is 0.575. The lowest BCUT2D eigenvalue weighted by Crippen LogP contribution is -2.44. The highest BCUT2D eigenvalue weighted by Crippen LogP contribution is 2.39. The number of hydrogen-bond donors (Lipinski definition) is 1. The maximum Gasteiger partial charge on any atom is 0.413 e. The third-order valence-corrected chi connectivity index (χ3v) is 8.68. The molecule has 2 aromatic carbocycles. The molecule has 2 atom stereocenters. The number of nitrogens with one attached hydrogen (secondary N) is 1.